The third kappa shape index (κ3) is 3.93. The SMILES string of the molecule is COC(CNC(=O)c1sccc1-n1cccc1)CC(=O)O. The summed E-state index contributed by atoms with van der Waals surface area (Å²) in [6.45, 7) is 0.157. The van der Waals surface area contributed by atoms with Gasteiger partial charge < -0.3 is 19.7 Å². The fourth-order valence-electron chi connectivity index (χ4n) is 1.89. The number of rotatable bonds is 7. The Hall–Kier alpha value is -2.12. The highest BCUT2D eigenvalue weighted by Gasteiger charge is 2.17. The Morgan fingerprint density at radius 3 is 2.76 bits per heavy atom. The zero-order chi connectivity index (χ0) is 15.2. The number of methoxy groups -OCH3 is 1. The molecule has 0 fully saturated rings. The molecule has 0 bridgehead atoms. The maximum absolute atomic E-state index is 12.2. The topological polar surface area (TPSA) is 80.6 Å². The lowest BCUT2D eigenvalue weighted by Crippen LogP contribution is -2.34. The molecule has 6 nitrogen and oxygen atoms in total. The van der Waals surface area contributed by atoms with E-state index in [1.807, 2.05) is 40.5 Å². The lowest BCUT2D eigenvalue weighted by Gasteiger charge is -2.14. The second-order valence-corrected chi connectivity index (χ2v) is 5.31. The van der Waals surface area contributed by atoms with Crippen LogP contribution in [0, 0.1) is 0 Å². The molecule has 2 N–H and O–H groups in total. The molecule has 2 heterocycles. The van der Waals surface area contributed by atoms with Crippen molar-refractivity contribution in [3.63, 3.8) is 0 Å². The van der Waals surface area contributed by atoms with Crippen molar-refractivity contribution in [1.29, 1.82) is 0 Å². The Bertz CT molecular complexity index is 606. The van der Waals surface area contributed by atoms with Crippen LogP contribution in [-0.4, -0.2) is 41.3 Å². The monoisotopic (exact) mass is 308 g/mol. The van der Waals surface area contributed by atoms with E-state index < -0.39 is 12.1 Å². The van der Waals surface area contributed by atoms with Gasteiger partial charge in [-0.15, -0.1) is 11.3 Å². The fourth-order valence-corrected chi connectivity index (χ4v) is 2.70. The van der Waals surface area contributed by atoms with Gasteiger partial charge in [0.2, 0.25) is 0 Å². The molecule has 2 rings (SSSR count). The van der Waals surface area contributed by atoms with E-state index in [1.165, 1.54) is 18.4 Å². The summed E-state index contributed by atoms with van der Waals surface area (Å²) in [5.41, 5.74) is 0.801. The third-order valence-corrected chi connectivity index (χ3v) is 3.86. The highest BCUT2D eigenvalue weighted by molar-refractivity contribution is 7.12. The number of carboxylic acids is 1. The third-order valence-electron chi connectivity index (χ3n) is 2.96. The number of nitrogens with one attached hydrogen (secondary N) is 1. The average molecular weight is 308 g/mol. The molecule has 0 aliphatic rings. The second kappa shape index (κ2) is 7.05. The molecule has 0 aliphatic carbocycles. The predicted molar refractivity (Wildman–Crippen MR) is 79.0 cm³/mol. The zero-order valence-electron chi connectivity index (χ0n) is 11.5. The minimum Gasteiger partial charge on any atom is -0.481 e. The van der Waals surface area contributed by atoms with Crippen molar-refractivity contribution in [3.8, 4) is 5.69 Å². The second-order valence-electron chi connectivity index (χ2n) is 4.39. The van der Waals surface area contributed by atoms with Gasteiger partial charge in [0.25, 0.3) is 5.91 Å². The molecule has 0 radical (unpaired) electrons. The lowest BCUT2D eigenvalue weighted by atomic mass is 10.2. The highest BCUT2D eigenvalue weighted by Crippen LogP contribution is 2.21. The predicted octanol–water partition coefficient (Wildman–Crippen LogP) is 1.76. The summed E-state index contributed by atoms with van der Waals surface area (Å²) in [5, 5.41) is 13.3. The number of carbonyl (C=O) groups excluding carboxylic acids is 1. The van der Waals surface area contributed by atoms with Crippen LogP contribution in [0.3, 0.4) is 0 Å². The van der Waals surface area contributed by atoms with E-state index in [2.05, 4.69) is 5.32 Å². The minimum absolute atomic E-state index is 0.147. The number of ether oxygens (including phenoxy) is 1. The summed E-state index contributed by atoms with van der Waals surface area (Å²) >= 11 is 1.34. The van der Waals surface area contributed by atoms with Gasteiger partial charge in [0, 0.05) is 26.0 Å². The Labute approximate surface area is 126 Å². The number of carbonyl (C=O) groups is 2. The summed E-state index contributed by atoms with van der Waals surface area (Å²) in [7, 11) is 1.43. The van der Waals surface area contributed by atoms with E-state index in [-0.39, 0.29) is 18.9 Å². The van der Waals surface area contributed by atoms with Crippen LogP contribution in [-0.2, 0) is 9.53 Å². The van der Waals surface area contributed by atoms with Gasteiger partial charge >= 0.3 is 5.97 Å². The van der Waals surface area contributed by atoms with Crippen LogP contribution in [0.2, 0.25) is 0 Å². The quantitative estimate of drug-likeness (QED) is 0.816. The molecular weight excluding hydrogens is 292 g/mol. The van der Waals surface area contributed by atoms with Gasteiger partial charge in [-0.3, -0.25) is 9.59 Å². The summed E-state index contributed by atoms with van der Waals surface area (Å²) < 4.78 is 6.89. The molecule has 1 amide bonds. The molecule has 2 aromatic heterocycles. The molecule has 112 valence electrons. The first kappa shape index (κ1) is 15.3. The summed E-state index contributed by atoms with van der Waals surface area (Å²) in [6.07, 6.45) is 3.04. The highest BCUT2D eigenvalue weighted by atomic mass is 32.1. The van der Waals surface area contributed by atoms with Crippen molar-refractivity contribution in [1.82, 2.24) is 9.88 Å². The summed E-state index contributed by atoms with van der Waals surface area (Å²) in [4.78, 5) is 23.4. The summed E-state index contributed by atoms with van der Waals surface area (Å²) in [6, 6.07) is 5.63. The van der Waals surface area contributed by atoms with Gasteiger partial charge in [-0.25, -0.2) is 0 Å². The summed E-state index contributed by atoms with van der Waals surface area (Å²) in [5.74, 6) is -1.19. The molecule has 2 aromatic rings. The molecule has 0 saturated heterocycles. The van der Waals surface area contributed by atoms with Gasteiger partial charge in [-0.05, 0) is 23.6 Å². The number of carboxylic acid groups (broad SMARTS) is 1. The van der Waals surface area contributed by atoms with E-state index >= 15 is 0 Å². The van der Waals surface area contributed by atoms with Crippen molar-refractivity contribution in [2.45, 2.75) is 12.5 Å². The molecule has 0 saturated carbocycles. The van der Waals surface area contributed by atoms with E-state index in [1.54, 1.807) is 0 Å². The number of thiophene rings is 1. The number of hydrogen-bond acceptors (Lipinski definition) is 4. The Balaban J connectivity index is 2.01. The lowest BCUT2D eigenvalue weighted by molar-refractivity contribution is -0.139. The van der Waals surface area contributed by atoms with Crippen LogP contribution in [0.4, 0.5) is 0 Å². The first-order valence-electron chi connectivity index (χ1n) is 6.35. The number of aliphatic carboxylic acids is 1. The van der Waals surface area contributed by atoms with Gasteiger partial charge in [0.1, 0.15) is 4.88 Å². The molecule has 1 unspecified atom stereocenters. The minimum atomic E-state index is -0.958. The standard InChI is InChI=1S/C14H16N2O4S/c1-20-10(8-12(17)18)9-15-14(19)13-11(4-7-21-13)16-5-2-3-6-16/h2-7,10H,8-9H2,1H3,(H,15,19)(H,17,18). The maximum Gasteiger partial charge on any atom is 0.306 e. The van der Waals surface area contributed by atoms with E-state index in [4.69, 9.17) is 9.84 Å². The van der Waals surface area contributed by atoms with Crippen LogP contribution >= 0.6 is 11.3 Å². The van der Waals surface area contributed by atoms with Crippen LogP contribution in [0.15, 0.2) is 36.0 Å². The van der Waals surface area contributed by atoms with Crippen molar-refractivity contribution in [3.05, 3.63) is 40.8 Å². The molecule has 1 atom stereocenters. The molecule has 0 aliphatic heterocycles. The van der Waals surface area contributed by atoms with Crippen molar-refractivity contribution in [2.24, 2.45) is 0 Å². The Kier molecular flexibility index (Phi) is 5.13. The van der Waals surface area contributed by atoms with Crippen LogP contribution in [0.5, 0.6) is 0 Å². The van der Waals surface area contributed by atoms with Gasteiger partial charge in [-0.2, -0.15) is 0 Å². The Morgan fingerprint density at radius 1 is 1.43 bits per heavy atom. The number of aromatic nitrogens is 1. The van der Waals surface area contributed by atoms with Gasteiger partial charge in [0.15, 0.2) is 0 Å². The largest absolute Gasteiger partial charge is 0.481 e. The zero-order valence-corrected chi connectivity index (χ0v) is 12.3. The first-order valence-corrected chi connectivity index (χ1v) is 7.23. The molecule has 0 aromatic carbocycles. The van der Waals surface area contributed by atoms with Crippen LogP contribution < -0.4 is 5.32 Å². The van der Waals surface area contributed by atoms with Crippen molar-refractivity contribution < 1.29 is 19.4 Å². The average Bonchev–Trinajstić information content (AvgIpc) is 3.11. The van der Waals surface area contributed by atoms with Crippen LogP contribution in [0.1, 0.15) is 16.1 Å². The first-order chi connectivity index (χ1) is 10.1. The molecular formula is C14H16N2O4S. The van der Waals surface area contributed by atoms with Crippen LogP contribution in [0.25, 0.3) is 5.69 Å². The van der Waals surface area contributed by atoms with Gasteiger partial charge in [0.05, 0.1) is 18.2 Å². The number of nitrogens with zero attached hydrogens (tertiary/aromatic N) is 1. The van der Waals surface area contributed by atoms with E-state index in [0.29, 0.717) is 4.88 Å². The Morgan fingerprint density at radius 2 is 2.14 bits per heavy atom. The van der Waals surface area contributed by atoms with Crippen molar-refractivity contribution >= 4 is 23.2 Å². The molecule has 21 heavy (non-hydrogen) atoms. The van der Waals surface area contributed by atoms with E-state index in [9.17, 15) is 9.59 Å². The molecule has 7 heteroatoms. The fraction of sp³-hybridized carbons (Fsp3) is 0.286. The van der Waals surface area contributed by atoms with E-state index in [0.717, 1.165) is 5.69 Å². The normalized spacial score (nSPS) is 12.0. The maximum atomic E-state index is 12.2. The molecule has 0 spiro atoms. The van der Waals surface area contributed by atoms with Gasteiger partial charge in [-0.1, -0.05) is 0 Å². The number of amides is 1. The number of hydrogen-bond donors (Lipinski definition) is 2. The van der Waals surface area contributed by atoms with Crippen molar-refractivity contribution in [2.75, 3.05) is 13.7 Å². The smallest absolute Gasteiger partial charge is 0.306 e.